The molecule has 6 rings (SSSR count). The second-order valence-corrected chi connectivity index (χ2v) is 10.8. The van der Waals surface area contributed by atoms with Crippen LogP contribution in [0, 0.1) is 52.3 Å². The zero-order valence-corrected chi connectivity index (χ0v) is 14.9. The zero-order valence-electron chi connectivity index (χ0n) is 14.9. The Hall–Kier alpha value is -0.410. The number of ketones is 1. The largest absolute Gasteiger partial charge is 0.393 e. The molecule has 11 atom stereocenters. The van der Waals surface area contributed by atoms with Crippen LogP contribution in [0.25, 0.3) is 0 Å². The van der Waals surface area contributed by atoms with Crippen molar-refractivity contribution in [2.75, 3.05) is 0 Å². The van der Waals surface area contributed by atoms with Gasteiger partial charge in [0.2, 0.25) is 0 Å². The van der Waals surface area contributed by atoms with Crippen molar-refractivity contribution in [3.63, 3.8) is 0 Å². The smallest absolute Gasteiger partial charge is 0.142 e. The lowest BCUT2D eigenvalue weighted by Crippen LogP contribution is -2.64. The van der Waals surface area contributed by atoms with Crippen LogP contribution in [-0.2, 0) is 4.79 Å². The predicted octanol–water partition coefficient (Wildman–Crippen LogP) is 2.79. The number of aliphatic hydroxyl groups excluding tert-OH is 1. The summed E-state index contributed by atoms with van der Waals surface area (Å²) in [6, 6.07) is 0. The Labute approximate surface area is 144 Å². The van der Waals surface area contributed by atoms with Crippen LogP contribution in [0.3, 0.4) is 0 Å². The van der Waals surface area contributed by atoms with E-state index in [0.717, 1.165) is 38.5 Å². The van der Waals surface area contributed by atoms with Crippen molar-refractivity contribution >= 4 is 5.78 Å². The van der Waals surface area contributed by atoms with E-state index in [1.165, 1.54) is 0 Å². The summed E-state index contributed by atoms with van der Waals surface area (Å²) < 4.78 is 0. The first kappa shape index (κ1) is 14.7. The van der Waals surface area contributed by atoms with E-state index >= 15 is 0 Å². The molecule has 3 nitrogen and oxygen atoms in total. The summed E-state index contributed by atoms with van der Waals surface area (Å²) in [6.07, 6.45) is 6.50. The molecule has 0 radical (unpaired) electrons. The fourth-order valence-electron chi connectivity index (χ4n) is 8.83. The Morgan fingerprint density at radius 1 is 1.04 bits per heavy atom. The van der Waals surface area contributed by atoms with Gasteiger partial charge in [0, 0.05) is 17.8 Å². The molecule has 2 N–H and O–H groups in total. The molecule has 6 aliphatic carbocycles. The van der Waals surface area contributed by atoms with Crippen LogP contribution in [-0.4, -0.2) is 27.7 Å². The number of Topliss-reactive ketones (excluding diaryl/α,β-unsaturated/α-hetero) is 1. The summed E-state index contributed by atoms with van der Waals surface area (Å²) in [5, 5.41) is 21.9. The van der Waals surface area contributed by atoms with Gasteiger partial charge in [0.05, 0.1) is 11.7 Å². The normalized spacial score (nSPS) is 69.1. The minimum atomic E-state index is -0.657. The lowest BCUT2D eigenvalue weighted by Gasteiger charge is -2.63. The Balaban J connectivity index is 1.45. The number of hydrogen-bond acceptors (Lipinski definition) is 3. The van der Waals surface area contributed by atoms with Gasteiger partial charge >= 0.3 is 0 Å². The van der Waals surface area contributed by atoms with Crippen molar-refractivity contribution in [3.8, 4) is 0 Å². The van der Waals surface area contributed by atoms with Crippen LogP contribution in [0.5, 0.6) is 0 Å². The highest BCUT2D eigenvalue weighted by Crippen LogP contribution is 2.78. The lowest BCUT2D eigenvalue weighted by molar-refractivity contribution is -0.225. The second-order valence-electron chi connectivity index (χ2n) is 10.8. The molecular formula is C21H30O3. The molecule has 0 aromatic carbocycles. The van der Waals surface area contributed by atoms with E-state index in [1.807, 2.05) is 0 Å². The Bertz CT molecular complexity index is 645. The molecule has 0 aromatic heterocycles. The summed E-state index contributed by atoms with van der Waals surface area (Å²) in [6.45, 7) is 4.60. The molecule has 0 aromatic rings. The molecule has 9 unspecified atom stereocenters. The van der Waals surface area contributed by atoms with E-state index in [1.54, 1.807) is 0 Å². The maximum Gasteiger partial charge on any atom is 0.142 e. The van der Waals surface area contributed by atoms with E-state index in [9.17, 15) is 15.0 Å². The van der Waals surface area contributed by atoms with E-state index in [-0.39, 0.29) is 16.9 Å². The van der Waals surface area contributed by atoms with E-state index in [2.05, 4.69) is 13.8 Å². The minimum Gasteiger partial charge on any atom is -0.393 e. The first-order valence-electron chi connectivity index (χ1n) is 10.3. The SMILES string of the molecule is C[C@]12CCC3C(C4CC4C4(O)CC(O)CC[C@]34C)C1C1CC1C2=O. The van der Waals surface area contributed by atoms with Gasteiger partial charge in [-0.25, -0.2) is 0 Å². The minimum absolute atomic E-state index is 0.0497. The molecule has 0 bridgehead atoms. The van der Waals surface area contributed by atoms with Gasteiger partial charge in [-0.3, -0.25) is 4.79 Å². The van der Waals surface area contributed by atoms with Gasteiger partial charge in [0.15, 0.2) is 0 Å². The zero-order chi connectivity index (χ0) is 16.6. The van der Waals surface area contributed by atoms with Crippen LogP contribution in [0.15, 0.2) is 0 Å². The maximum atomic E-state index is 12.9. The van der Waals surface area contributed by atoms with Crippen molar-refractivity contribution in [1.82, 2.24) is 0 Å². The van der Waals surface area contributed by atoms with Crippen LogP contribution in [0.1, 0.15) is 58.8 Å². The first-order chi connectivity index (χ1) is 11.3. The molecule has 3 heteroatoms. The molecular weight excluding hydrogens is 300 g/mol. The van der Waals surface area contributed by atoms with Gasteiger partial charge in [-0.1, -0.05) is 13.8 Å². The standard InChI is InChI=1S/C21H30O3/c1-19-5-4-14-16(17(19)11-7-12(11)18(19)23)13-8-15(13)21(24)9-10(22)3-6-20(14,21)2/h10-17,22,24H,3-9H2,1-2H3/t10?,11?,12?,13?,14?,15?,16?,17?,19-,20+,21?/m0/s1. The van der Waals surface area contributed by atoms with Gasteiger partial charge < -0.3 is 10.2 Å². The van der Waals surface area contributed by atoms with Crippen molar-refractivity contribution in [3.05, 3.63) is 0 Å². The van der Waals surface area contributed by atoms with Gasteiger partial charge in [-0.15, -0.1) is 0 Å². The third-order valence-electron chi connectivity index (χ3n) is 10.1. The fourth-order valence-corrected chi connectivity index (χ4v) is 8.83. The van der Waals surface area contributed by atoms with Gasteiger partial charge in [-0.05, 0) is 79.4 Å². The monoisotopic (exact) mass is 330 g/mol. The first-order valence-corrected chi connectivity index (χ1v) is 10.3. The highest BCUT2D eigenvalue weighted by molar-refractivity contribution is 5.92. The molecule has 24 heavy (non-hydrogen) atoms. The fraction of sp³-hybridized carbons (Fsp3) is 0.952. The third kappa shape index (κ3) is 1.37. The van der Waals surface area contributed by atoms with Gasteiger partial charge in [-0.2, -0.15) is 0 Å². The Kier molecular flexibility index (Phi) is 2.43. The number of rotatable bonds is 0. The number of fused-ring (bicyclic) bond motifs is 10. The molecule has 6 aliphatic rings. The predicted molar refractivity (Wildman–Crippen MR) is 88.9 cm³/mol. The van der Waals surface area contributed by atoms with Crippen LogP contribution in [0.4, 0.5) is 0 Å². The summed E-state index contributed by atoms with van der Waals surface area (Å²) in [5.74, 6) is 4.46. The average molecular weight is 330 g/mol. The average Bonchev–Trinajstić information content (AvgIpc) is 3.41. The van der Waals surface area contributed by atoms with E-state index in [0.29, 0.717) is 53.6 Å². The van der Waals surface area contributed by atoms with Crippen molar-refractivity contribution in [1.29, 1.82) is 0 Å². The summed E-state index contributed by atoms with van der Waals surface area (Å²) in [7, 11) is 0. The summed E-state index contributed by atoms with van der Waals surface area (Å²) >= 11 is 0. The molecule has 0 heterocycles. The number of aliphatic hydroxyl groups is 2. The number of carbonyl (C=O) groups excluding carboxylic acids is 1. The van der Waals surface area contributed by atoms with E-state index < -0.39 is 5.60 Å². The Morgan fingerprint density at radius 3 is 2.62 bits per heavy atom. The molecule has 0 amide bonds. The van der Waals surface area contributed by atoms with Crippen molar-refractivity contribution in [2.24, 2.45) is 52.3 Å². The molecule has 0 saturated heterocycles. The summed E-state index contributed by atoms with van der Waals surface area (Å²) in [5.41, 5.74) is -0.760. The second kappa shape index (κ2) is 3.96. The molecule has 0 aliphatic heterocycles. The highest BCUT2D eigenvalue weighted by atomic mass is 16.3. The van der Waals surface area contributed by atoms with Crippen LogP contribution < -0.4 is 0 Å². The highest BCUT2D eigenvalue weighted by Gasteiger charge is 2.78. The lowest BCUT2D eigenvalue weighted by atomic mass is 9.43. The number of hydrogen-bond donors (Lipinski definition) is 2. The van der Waals surface area contributed by atoms with Crippen LogP contribution in [0.2, 0.25) is 0 Å². The Morgan fingerprint density at radius 2 is 1.83 bits per heavy atom. The van der Waals surface area contributed by atoms with Gasteiger partial charge in [0.1, 0.15) is 5.78 Å². The van der Waals surface area contributed by atoms with Gasteiger partial charge in [0.25, 0.3) is 0 Å². The topological polar surface area (TPSA) is 57.5 Å². The van der Waals surface area contributed by atoms with Crippen molar-refractivity contribution in [2.45, 2.75) is 70.5 Å². The molecule has 6 saturated carbocycles. The third-order valence-corrected chi connectivity index (χ3v) is 10.1. The summed E-state index contributed by atoms with van der Waals surface area (Å²) in [4.78, 5) is 12.9. The molecule has 132 valence electrons. The molecule has 0 spiro atoms. The number of carbonyl (C=O) groups is 1. The molecule has 6 fully saturated rings. The van der Waals surface area contributed by atoms with Crippen molar-refractivity contribution < 1.29 is 15.0 Å². The van der Waals surface area contributed by atoms with E-state index in [4.69, 9.17) is 0 Å². The van der Waals surface area contributed by atoms with Crippen LogP contribution >= 0.6 is 0 Å². The maximum absolute atomic E-state index is 12.9. The quantitative estimate of drug-likeness (QED) is 0.718.